The number of carbonyl (C=O) groups excluding carboxylic acids is 1. The number of hydrogen-bond acceptors (Lipinski definition) is 2. The van der Waals surface area contributed by atoms with E-state index in [1.165, 1.54) is 36.1 Å². The fraction of sp³-hybridized carbons (Fsp3) is 0.278. The summed E-state index contributed by atoms with van der Waals surface area (Å²) in [6.07, 6.45) is 0.919. The first-order valence-electron chi connectivity index (χ1n) is 6.86. The molecule has 0 spiro atoms. The van der Waals surface area contributed by atoms with Crippen molar-refractivity contribution in [2.75, 3.05) is 0 Å². The van der Waals surface area contributed by atoms with E-state index in [2.05, 4.69) is 25.1 Å². The zero-order valence-electron chi connectivity index (χ0n) is 12.0. The van der Waals surface area contributed by atoms with Crippen molar-refractivity contribution in [3.05, 3.63) is 58.7 Å². The van der Waals surface area contributed by atoms with Crippen LogP contribution in [0, 0.1) is 6.92 Å². The van der Waals surface area contributed by atoms with Gasteiger partial charge in [-0.15, -0.1) is 0 Å². The molecule has 2 aromatic carbocycles. The molecule has 1 aliphatic rings. The molecule has 1 aliphatic carbocycles. The minimum atomic E-state index is -1.33. The van der Waals surface area contributed by atoms with Gasteiger partial charge in [0.1, 0.15) is 5.60 Å². The highest BCUT2D eigenvalue weighted by molar-refractivity contribution is 6.03. The Labute approximate surface area is 119 Å². The molecular weight excluding hydrogens is 248 g/mol. The van der Waals surface area contributed by atoms with Gasteiger partial charge in [-0.3, -0.25) is 4.79 Å². The third-order valence-corrected chi connectivity index (χ3v) is 3.86. The Morgan fingerprint density at radius 1 is 1.05 bits per heavy atom. The van der Waals surface area contributed by atoms with Crippen molar-refractivity contribution >= 4 is 5.78 Å². The summed E-state index contributed by atoms with van der Waals surface area (Å²) in [5.41, 5.74) is 5.35. The molecule has 0 saturated heterocycles. The molecule has 0 atom stereocenters. The van der Waals surface area contributed by atoms with Gasteiger partial charge in [0.15, 0.2) is 5.78 Å². The average Bonchev–Trinajstić information content (AvgIpc) is 2.74. The van der Waals surface area contributed by atoms with E-state index in [4.69, 9.17) is 0 Å². The van der Waals surface area contributed by atoms with Crippen molar-refractivity contribution in [1.82, 2.24) is 0 Å². The predicted octanol–water partition coefficient (Wildman–Crippen LogP) is 3.52. The number of ketones is 1. The van der Waals surface area contributed by atoms with Gasteiger partial charge in [-0.1, -0.05) is 35.9 Å². The van der Waals surface area contributed by atoms with Crippen LogP contribution in [0.15, 0.2) is 36.4 Å². The maximum absolute atomic E-state index is 12.2. The number of benzene rings is 2. The second-order valence-electron chi connectivity index (χ2n) is 6.10. The minimum Gasteiger partial charge on any atom is -0.382 e. The minimum absolute atomic E-state index is 0.235. The largest absolute Gasteiger partial charge is 0.382 e. The van der Waals surface area contributed by atoms with Crippen LogP contribution in [0.2, 0.25) is 0 Å². The molecule has 0 aromatic heterocycles. The fourth-order valence-corrected chi connectivity index (χ4v) is 2.78. The van der Waals surface area contributed by atoms with E-state index in [0.717, 1.165) is 12.0 Å². The van der Waals surface area contributed by atoms with Crippen molar-refractivity contribution in [3.63, 3.8) is 0 Å². The van der Waals surface area contributed by atoms with Crippen LogP contribution in [-0.2, 0) is 6.42 Å². The molecule has 0 saturated carbocycles. The molecule has 102 valence electrons. The van der Waals surface area contributed by atoms with Gasteiger partial charge in [0.25, 0.3) is 0 Å². The summed E-state index contributed by atoms with van der Waals surface area (Å²) in [5, 5.41) is 9.88. The highest BCUT2D eigenvalue weighted by atomic mass is 16.3. The van der Waals surface area contributed by atoms with Gasteiger partial charge in [0, 0.05) is 5.56 Å². The maximum Gasteiger partial charge on any atom is 0.193 e. The zero-order valence-corrected chi connectivity index (χ0v) is 12.0. The lowest BCUT2D eigenvalue weighted by Crippen LogP contribution is -2.31. The summed E-state index contributed by atoms with van der Waals surface area (Å²) in [6.45, 7) is 5.13. The molecule has 3 rings (SSSR count). The van der Waals surface area contributed by atoms with Crippen LogP contribution >= 0.6 is 0 Å². The van der Waals surface area contributed by atoms with Crippen LogP contribution in [0.1, 0.15) is 40.9 Å². The van der Waals surface area contributed by atoms with Crippen molar-refractivity contribution in [2.45, 2.75) is 32.8 Å². The molecule has 1 N–H and O–H groups in total. The lowest BCUT2D eigenvalue weighted by atomic mass is 9.93. The summed E-state index contributed by atoms with van der Waals surface area (Å²) in [6, 6.07) is 12.2. The van der Waals surface area contributed by atoms with Crippen LogP contribution in [0.4, 0.5) is 0 Å². The van der Waals surface area contributed by atoms with Crippen LogP contribution in [-0.4, -0.2) is 16.5 Å². The molecule has 0 bridgehead atoms. The predicted molar refractivity (Wildman–Crippen MR) is 80.0 cm³/mol. The van der Waals surface area contributed by atoms with Crippen LogP contribution in [0.25, 0.3) is 11.1 Å². The quantitative estimate of drug-likeness (QED) is 0.721. The first-order chi connectivity index (χ1) is 9.36. The number of Topliss-reactive ketones (excluding diaryl/α,β-unsaturated/α-hetero) is 1. The van der Waals surface area contributed by atoms with E-state index in [0.29, 0.717) is 5.56 Å². The maximum atomic E-state index is 12.2. The summed E-state index contributed by atoms with van der Waals surface area (Å²) in [5.74, 6) is -0.235. The molecule has 0 radical (unpaired) electrons. The molecule has 0 fully saturated rings. The number of rotatable bonds is 2. The average molecular weight is 266 g/mol. The monoisotopic (exact) mass is 266 g/mol. The molecule has 20 heavy (non-hydrogen) atoms. The Morgan fingerprint density at radius 2 is 1.65 bits per heavy atom. The van der Waals surface area contributed by atoms with E-state index in [1.807, 2.05) is 18.2 Å². The molecule has 0 amide bonds. The van der Waals surface area contributed by atoms with Crippen molar-refractivity contribution < 1.29 is 9.90 Å². The van der Waals surface area contributed by atoms with E-state index >= 15 is 0 Å². The normalized spacial score (nSPS) is 13.0. The van der Waals surface area contributed by atoms with Crippen molar-refractivity contribution in [2.24, 2.45) is 0 Å². The van der Waals surface area contributed by atoms with E-state index in [-0.39, 0.29) is 5.78 Å². The van der Waals surface area contributed by atoms with Crippen LogP contribution in [0.5, 0.6) is 0 Å². The third-order valence-electron chi connectivity index (χ3n) is 3.86. The first-order valence-corrected chi connectivity index (χ1v) is 6.86. The molecule has 0 heterocycles. The van der Waals surface area contributed by atoms with Crippen LogP contribution < -0.4 is 0 Å². The summed E-state index contributed by atoms with van der Waals surface area (Å²) < 4.78 is 0. The van der Waals surface area contributed by atoms with Gasteiger partial charge in [-0.25, -0.2) is 0 Å². The summed E-state index contributed by atoms with van der Waals surface area (Å²) in [4.78, 5) is 12.2. The Bertz CT molecular complexity index is 706. The van der Waals surface area contributed by atoms with Gasteiger partial charge in [-0.05, 0) is 55.5 Å². The van der Waals surface area contributed by atoms with Gasteiger partial charge in [-0.2, -0.15) is 0 Å². The van der Waals surface area contributed by atoms with E-state index in [1.54, 1.807) is 0 Å². The second kappa shape index (κ2) is 4.29. The van der Waals surface area contributed by atoms with Crippen molar-refractivity contribution in [3.8, 4) is 11.1 Å². The molecule has 2 nitrogen and oxygen atoms in total. The number of carbonyl (C=O) groups is 1. The lowest BCUT2D eigenvalue weighted by Gasteiger charge is -2.16. The standard InChI is InChI=1S/C18H18O2/c1-11-4-5-12-9-13-6-7-14(17(19)18(2,3)20)10-16(13)15(12)8-11/h4-8,10,20H,9H2,1-3H3. The van der Waals surface area contributed by atoms with Gasteiger partial charge < -0.3 is 5.11 Å². The zero-order chi connectivity index (χ0) is 14.5. The Balaban J connectivity index is 2.11. The highest BCUT2D eigenvalue weighted by Crippen LogP contribution is 2.38. The number of aryl methyl sites for hydroxylation is 1. The van der Waals surface area contributed by atoms with Gasteiger partial charge in [0.05, 0.1) is 0 Å². The van der Waals surface area contributed by atoms with Gasteiger partial charge in [0.2, 0.25) is 0 Å². The van der Waals surface area contributed by atoms with E-state index < -0.39 is 5.60 Å². The van der Waals surface area contributed by atoms with Crippen molar-refractivity contribution in [1.29, 1.82) is 0 Å². The SMILES string of the molecule is Cc1ccc2c(c1)-c1cc(C(=O)C(C)(C)O)ccc1C2. The van der Waals surface area contributed by atoms with Gasteiger partial charge >= 0.3 is 0 Å². The number of hydrogen-bond donors (Lipinski definition) is 1. The molecular formula is C18H18O2. The smallest absolute Gasteiger partial charge is 0.193 e. The Morgan fingerprint density at radius 3 is 2.30 bits per heavy atom. The van der Waals surface area contributed by atoms with Crippen LogP contribution in [0.3, 0.4) is 0 Å². The molecule has 0 aliphatic heterocycles. The Kier molecular flexibility index (Phi) is 2.80. The third kappa shape index (κ3) is 2.06. The lowest BCUT2D eigenvalue weighted by molar-refractivity contribution is 0.0488. The fourth-order valence-electron chi connectivity index (χ4n) is 2.78. The summed E-state index contributed by atoms with van der Waals surface area (Å²) in [7, 11) is 0. The highest BCUT2D eigenvalue weighted by Gasteiger charge is 2.27. The molecule has 0 unspecified atom stereocenters. The Hall–Kier alpha value is -1.93. The number of fused-ring (bicyclic) bond motifs is 3. The van der Waals surface area contributed by atoms with E-state index in [9.17, 15) is 9.90 Å². The first kappa shape index (κ1) is 13.1. The number of aliphatic hydroxyl groups is 1. The second-order valence-corrected chi connectivity index (χ2v) is 6.10. The molecule has 2 heteroatoms. The summed E-state index contributed by atoms with van der Waals surface area (Å²) >= 11 is 0. The molecule has 2 aromatic rings. The topological polar surface area (TPSA) is 37.3 Å².